The first-order valence-electron chi connectivity index (χ1n) is 4.42. The second kappa shape index (κ2) is 4.90. The number of pyridine rings is 1. The molecule has 0 aliphatic heterocycles. The molecule has 0 bridgehead atoms. The molecular formula is C7H4F5N3O4S. The molecule has 0 aliphatic rings. The minimum absolute atomic E-state index is 0.00972. The molecule has 13 heteroatoms. The molecular weight excluding hydrogens is 317 g/mol. The van der Waals surface area contributed by atoms with Crippen molar-refractivity contribution in [3.05, 3.63) is 27.6 Å². The quantitative estimate of drug-likeness (QED) is 0.515. The Morgan fingerprint density at radius 2 is 1.85 bits per heavy atom. The number of nitro groups is 1. The number of halogens is 5. The van der Waals surface area contributed by atoms with Crippen LogP contribution in [-0.2, 0) is 16.2 Å². The van der Waals surface area contributed by atoms with Crippen LogP contribution in [0.5, 0.6) is 0 Å². The van der Waals surface area contributed by atoms with Gasteiger partial charge < -0.3 is 0 Å². The van der Waals surface area contributed by atoms with Gasteiger partial charge in [0.1, 0.15) is 5.69 Å². The van der Waals surface area contributed by atoms with Gasteiger partial charge in [0, 0.05) is 0 Å². The summed E-state index contributed by atoms with van der Waals surface area (Å²) in [5.41, 5.74) is -6.47. The maximum atomic E-state index is 12.7. The standard InChI is InChI=1S/C7H4F5N3O4S/c8-6(9)4-3(7(10,11)12)5(15(16)17)2(1-14-4)20(13,18)19/h1,6H,(H2,13,18,19). The third kappa shape index (κ3) is 2.98. The van der Waals surface area contributed by atoms with Gasteiger partial charge in [-0.2, -0.15) is 13.2 Å². The lowest BCUT2D eigenvalue weighted by atomic mass is 10.1. The van der Waals surface area contributed by atoms with Gasteiger partial charge >= 0.3 is 11.9 Å². The number of hydrogen-bond donors (Lipinski definition) is 1. The molecule has 0 radical (unpaired) electrons. The van der Waals surface area contributed by atoms with Gasteiger partial charge in [-0.1, -0.05) is 0 Å². The summed E-state index contributed by atoms with van der Waals surface area (Å²) < 4.78 is 85.0. The molecule has 1 aromatic rings. The lowest BCUT2D eigenvalue weighted by Gasteiger charge is -2.13. The first-order valence-corrected chi connectivity index (χ1v) is 5.97. The van der Waals surface area contributed by atoms with E-state index in [2.05, 4.69) is 10.1 Å². The zero-order chi connectivity index (χ0) is 15.9. The van der Waals surface area contributed by atoms with Crippen LogP contribution >= 0.6 is 0 Å². The number of sulfonamides is 1. The van der Waals surface area contributed by atoms with Crippen LogP contribution < -0.4 is 5.14 Å². The molecule has 20 heavy (non-hydrogen) atoms. The summed E-state index contributed by atoms with van der Waals surface area (Å²) in [5.74, 6) is 0. The van der Waals surface area contributed by atoms with Crippen molar-refractivity contribution in [2.24, 2.45) is 5.14 Å². The zero-order valence-electron chi connectivity index (χ0n) is 9.06. The molecule has 2 N–H and O–H groups in total. The third-order valence-electron chi connectivity index (χ3n) is 2.03. The Bertz CT molecular complexity index is 657. The number of alkyl halides is 5. The Balaban J connectivity index is 3.96. The Morgan fingerprint density at radius 3 is 2.15 bits per heavy atom. The molecule has 1 aromatic heterocycles. The van der Waals surface area contributed by atoms with E-state index in [9.17, 15) is 40.5 Å². The van der Waals surface area contributed by atoms with Crippen molar-refractivity contribution >= 4 is 15.7 Å². The Labute approximate surface area is 107 Å². The number of hydrogen-bond acceptors (Lipinski definition) is 5. The molecule has 7 nitrogen and oxygen atoms in total. The van der Waals surface area contributed by atoms with E-state index in [-0.39, 0.29) is 6.20 Å². The summed E-state index contributed by atoms with van der Waals surface area (Å²) in [7, 11) is -4.95. The van der Waals surface area contributed by atoms with Crippen LogP contribution in [0.4, 0.5) is 27.6 Å². The largest absolute Gasteiger partial charge is 0.425 e. The maximum absolute atomic E-state index is 12.7. The second-order valence-electron chi connectivity index (χ2n) is 3.33. The highest BCUT2D eigenvalue weighted by atomic mass is 32.2. The topological polar surface area (TPSA) is 116 Å². The second-order valence-corrected chi connectivity index (χ2v) is 4.86. The normalized spacial score (nSPS) is 12.8. The van der Waals surface area contributed by atoms with Gasteiger partial charge in [-0.3, -0.25) is 15.1 Å². The Morgan fingerprint density at radius 1 is 1.35 bits per heavy atom. The first-order chi connectivity index (χ1) is 8.87. The predicted molar refractivity (Wildman–Crippen MR) is 52.2 cm³/mol. The molecule has 1 rings (SSSR count). The average Bonchev–Trinajstić information content (AvgIpc) is 2.24. The van der Waals surface area contributed by atoms with Gasteiger partial charge in [0.25, 0.3) is 6.43 Å². The lowest BCUT2D eigenvalue weighted by molar-refractivity contribution is -0.391. The van der Waals surface area contributed by atoms with E-state index in [4.69, 9.17) is 0 Å². The fourth-order valence-electron chi connectivity index (χ4n) is 1.33. The van der Waals surface area contributed by atoms with E-state index in [0.29, 0.717) is 0 Å². The monoisotopic (exact) mass is 321 g/mol. The molecule has 0 saturated carbocycles. The summed E-state index contributed by atoms with van der Waals surface area (Å²) in [5, 5.41) is 15.1. The minimum atomic E-state index is -5.61. The Hall–Kier alpha value is -1.89. The van der Waals surface area contributed by atoms with Crippen LogP contribution in [0.1, 0.15) is 17.7 Å². The summed E-state index contributed by atoms with van der Waals surface area (Å²) in [6, 6.07) is 0. The van der Waals surface area contributed by atoms with E-state index in [1.807, 2.05) is 0 Å². The van der Waals surface area contributed by atoms with Crippen LogP contribution in [0.15, 0.2) is 11.1 Å². The van der Waals surface area contributed by atoms with E-state index >= 15 is 0 Å². The smallest absolute Gasteiger partial charge is 0.258 e. The van der Waals surface area contributed by atoms with Gasteiger partial charge in [-0.25, -0.2) is 22.3 Å². The minimum Gasteiger partial charge on any atom is -0.258 e. The van der Waals surface area contributed by atoms with Crippen molar-refractivity contribution < 1.29 is 35.3 Å². The van der Waals surface area contributed by atoms with Crippen molar-refractivity contribution in [2.75, 3.05) is 0 Å². The van der Waals surface area contributed by atoms with Gasteiger partial charge in [-0.15, -0.1) is 0 Å². The van der Waals surface area contributed by atoms with Crippen molar-refractivity contribution in [1.29, 1.82) is 0 Å². The van der Waals surface area contributed by atoms with Crippen LogP contribution in [0.2, 0.25) is 0 Å². The van der Waals surface area contributed by atoms with Crippen molar-refractivity contribution in [3.63, 3.8) is 0 Å². The molecule has 0 amide bonds. The van der Waals surface area contributed by atoms with Crippen molar-refractivity contribution in [2.45, 2.75) is 17.5 Å². The van der Waals surface area contributed by atoms with Gasteiger partial charge in [0.05, 0.1) is 11.1 Å². The van der Waals surface area contributed by atoms with E-state index in [1.165, 1.54) is 0 Å². The van der Waals surface area contributed by atoms with E-state index < -0.39 is 49.4 Å². The number of rotatable bonds is 3. The van der Waals surface area contributed by atoms with Gasteiger partial charge in [0.15, 0.2) is 10.5 Å². The lowest BCUT2D eigenvalue weighted by Crippen LogP contribution is -2.21. The summed E-state index contributed by atoms with van der Waals surface area (Å²) in [6.45, 7) is 0. The van der Waals surface area contributed by atoms with Crippen LogP contribution in [0.3, 0.4) is 0 Å². The van der Waals surface area contributed by atoms with Crippen LogP contribution in [0, 0.1) is 10.1 Å². The summed E-state index contributed by atoms with van der Waals surface area (Å²) in [6.07, 6.45) is -9.41. The first kappa shape index (κ1) is 16.2. The molecule has 1 heterocycles. The van der Waals surface area contributed by atoms with Gasteiger partial charge in [0.2, 0.25) is 10.0 Å². The number of nitrogens with two attached hydrogens (primary N) is 1. The summed E-state index contributed by atoms with van der Waals surface area (Å²) in [4.78, 5) is 9.89. The molecule has 0 aromatic carbocycles. The summed E-state index contributed by atoms with van der Waals surface area (Å²) >= 11 is 0. The fourth-order valence-corrected chi connectivity index (χ4v) is 1.98. The highest BCUT2D eigenvalue weighted by molar-refractivity contribution is 7.89. The van der Waals surface area contributed by atoms with Crippen LogP contribution in [-0.4, -0.2) is 18.3 Å². The highest BCUT2D eigenvalue weighted by Gasteiger charge is 2.47. The molecule has 0 spiro atoms. The number of primary sulfonamides is 1. The fraction of sp³-hybridized carbons (Fsp3) is 0.286. The molecule has 0 saturated heterocycles. The third-order valence-corrected chi connectivity index (χ3v) is 2.94. The Kier molecular flexibility index (Phi) is 3.96. The molecule has 0 aliphatic carbocycles. The van der Waals surface area contributed by atoms with Gasteiger partial charge in [-0.05, 0) is 0 Å². The van der Waals surface area contributed by atoms with E-state index in [1.54, 1.807) is 0 Å². The highest BCUT2D eigenvalue weighted by Crippen LogP contribution is 2.43. The number of nitrogens with zero attached hydrogens (tertiary/aromatic N) is 2. The maximum Gasteiger partial charge on any atom is 0.425 e. The SMILES string of the molecule is NS(=O)(=O)c1cnc(C(F)F)c(C(F)(F)F)c1[N+](=O)[O-]. The van der Waals surface area contributed by atoms with Crippen molar-refractivity contribution in [3.8, 4) is 0 Å². The molecule has 0 unspecified atom stereocenters. The molecule has 0 fully saturated rings. The van der Waals surface area contributed by atoms with Crippen molar-refractivity contribution in [1.82, 2.24) is 4.98 Å². The molecule has 0 atom stereocenters. The molecule has 112 valence electrons. The zero-order valence-corrected chi connectivity index (χ0v) is 9.87. The van der Waals surface area contributed by atoms with E-state index in [0.717, 1.165) is 0 Å². The number of aromatic nitrogens is 1. The average molecular weight is 321 g/mol. The van der Waals surface area contributed by atoms with Crippen LogP contribution in [0.25, 0.3) is 0 Å². The predicted octanol–water partition coefficient (Wildman–Crippen LogP) is 1.59.